The SMILES string of the molecule is NS(=O)(=O)c1cccc(C#CCCC(=O)C2CCCC2)c1. The van der Waals surface area contributed by atoms with Crippen LogP contribution in [-0.2, 0) is 14.8 Å². The molecule has 5 heteroatoms. The number of sulfonamides is 1. The van der Waals surface area contributed by atoms with Crippen molar-refractivity contribution in [1.82, 2.24) is 0 Å². The Morgan fingerprint density at radius 2 is 2.00 bits per heavy atom. The molecule has 1 aliphatic rings. The normalized spacial score (nSPS) is 15.5. The Kier molecular flexibility index (Phi) is 5.16. The van der Waals surface area contributed by atoms with E-state index >= 15 is 0 Å². The van der Waals surface area contributed by atoms with Crippen molar-refractivity contribution in [3.05, 3.63) is 29.8 Å². The molecular formula is C16H19NO3S. The molecule has 0 amide bonds. The second-order valence-corrected chi connectivity index (χ2v) is 6.88. The van der Waals surface area contributed by atoms with Gasteiger partial charge >= 0.3 is 0 Å². The van der Waals surface area contributed by atoms with Crippen molar-refractivity contribution in [1.29, 1.82) is 0 Å². The van der Waals surface area contributed by atoms with Gasteiger partial charge < -0.3 is 0 Å². The summed E-state index contributed by atoms with van der Waals surface area (Å²) in [5.41, 5.74) is 0.592. The number of hydrogen-bond acceptors (Lipinski definition) is 3. The predicted molar refractivity (Wildman–Crippen MR) is 80.9 cm³/mol. The number of carbonyl (C=O) groups excluding carboxylic acids is 1. The van der Waals surface area contributed by atoms with E-state index in [1.165, 1.54) is 12.1 Å². The van der Waals surface area contributed by atoms with Crippen molar-refractivity contribution in [3.63, 3.8) is 0 Å². The van der Waals surface area contributed by atoms with Crippen LogP contribution in [0.15, 0.2) is 29.2 Å². The molecular weight excluding hydrogens is 286 g/mol. The molecule has 2 N–H and O–H groups in total. The molecule has 1 saturated carbocycles. The Morgan fingerprint density at radius 1 is 1.29 bits per heavy atom. The summed E-state index contributed by atoms with van der Waals surface area (Å²) in [6.07, 6.45) is 5.33. The molecule has 0 heterocycles. The highest BCUT2D eigenvalue weighted by Gasteiger charge is 2.21. The molecule has 1 aromatic carbocycles. The number of primary sulfonamides is 1. The summed E-state index contributed by atoms with van der Waals surface area (Å²) >= 11 is 0. The van der Waals surface area contributed by atoms with Gasteiger partial charge in [-0.15, -0.1) is 0 Å². The lowest BCUT2D eigenvalue weighted by Gasteiger charge is -2.04. The Hall–Kier alpha value is -1.64. The van der Waals surface area contributed by atoms with Crippen LogP contribution in [-0.4, -0.2) is 14.2 Å². The smallest absolute Gasteiger partial charge is 0.238 e. The fourth-order valence-corrected chi connectivity index (χ4v) is 3.11. The maximum absolute atomic E-state index is 11.9. The number of carbonyl (C=O) groups is 1. The topological polar surface area (TPSA) is 77.2 Å². The van der Waals surface area contributed by atoms with Crippen LogP contribution < -0.4 is 5.14 Å². The Balaban J connectivity index is 1.92. The van der Waals surface area contributed by atoms with Crippen LogP contribution >= 0.6 is 0 Å². The summed E-state index contributed by atoms with van der Waals surface area (Å²) in [4.78, 5) is 11.9. The maximum Gasteiger partial charge on any atom is 0.238 e. The molecule has 0 bridgehead atoms. The second-order valence-electron chi connectivity index (χ2n) is 5.32. The third-order valence-corrected chi connectivity index (χ3v) is 4.61. The minimum Gasteiger partial charge on any atom is -0.299 e. The largest absolute Gasteiger partial charge is 0.299 e. The minimum absolute atomic E-state index is 0.0522. The average Bonchev–Trinajstić information content (AvgIpc) is 2.97. The quantitative estimate of drug-likeness (QED) is 0.866. The van der Waals surface area contributed by atoms with Crippen molar-refractivity contribution < 1.29 is 13.2 Å². The number of nitrogens with two attached hydrogens (primary N) is 1. The average molecular weight is 305 g/mol. The zero-order valence-corrected chi connectivity index (χ0v) is 12.7. The van der Waals surface area contributed by atoms with Gasteiger partial charge in [-0.05, 0) is 31.0 Å². The van der Waals surface area contributed by atoms with Crippen molar-refractivity contribution in [2.24, 2.45) is 11.1 Å². The third-order valence-electron chi connectivity index (χ3n) is 3.70. The fourth-order valence-electron chi connectivity index (χ4n) is 2.55. The van der Waals surface area contributed by atoms with Gasteiger partial charge in [0.15, 0.2) is 0 Å². The second kappa shape index (κ2) is 6.88. The molecule has 2 rings (SSSR count). The highest BCUT2D eigenvalue weighted by molar-refractivity contribution is 7.89. The number of benzene rings is 1. The van der Waals surface area contributed by atoms with E-state index in [0.717, 1.165) is 25.7 Å². The van der Waals surface area contributed by atoms with Gasteiger partial charge in [-0.2, -0.15) is 0 Å². The zero-order chi connectivity index (χ0) is 15.3. The first-order chi connectivity index (χ1) is 9.97. The van der Waals surface area contributed by atoms with E-state index in [-0.39, 0.29) is 10.8 Å². The molecule has 1 fully saturated rings. The monoisotopic (exact) mass is 305 g/mol. The van der Waals surface area contributed by atoms with Crippen LogP contribution in [0.4, 0.5) is 0 Å². The van der Waals surface area contributed by atoms with E-state index in [0.29, 0.717) is 24.2 Å². The summed E-state index contributed by atoms with van der Waals surface area (Å²) in [5.74, 6) is 6.35. The van der Waals surface area contributed by atoms with Crippen LogP contribution in [0.2, 0.25) is 0 Å². The number of Topliss-reactive ketones (excluding diaryl/α,β-unsaturated/α-hetero) is 1. The van der Waals surface area contributed by atoms with E-state index in [2.05, 4.69) is 11.8 Å². The van der Waals surface area contributed by atoms with Crippen LogP contribution in [0.25, 0.3) is 0 Å². The zero-order valence-electron chi connectivity index (χ0n) is 11.8. The Labute approximate surface area is 125 Å². The molecule has 0 aliphatic heterocycles. The molecule has 21 heavy (non-hydrogen) atoms. The molecule has 0 radical (unpaired) electrons. The van der Waals surface area contributed by atoms with Crippen LogP contribution in [0.1, 0.15) is 44.1 Å². The first-order valence-corrected chi connectivity index (χ1v) is 8.66. The van der Waals surface area contributed by atoms with Gasteiger partial charge in [0.1, 0.15) is 5.78 Å². The highest BCUT2D eigenvalue weighted by Crippen LogP contribution is 2.26. The van der Waals surface area contributed by atoms with Crippen LogP contribution in [0.5, 0.6) is 0 Å². The molecule has 0 unspecified atom stereocenters. The lowest BCUT2D eigenvalue weighted by molar-refractivity contribution is -0.122. The molecule has 0 aromatic heterocycles. The van der Waals surface area contributed by atoms with E-state index in [1.54, 1.807) is 12.1 Å². The van der Waals surface area contributed by atoms with E-state index in [9.17, 15) is 13.2 Å². The number of rotatable bonds is 4. The first kappa shape index (κ1) is 15.7. The minimum atomic E-state index is -3.70. The van der Waals surface area contributed by atoms with Crippen LogP contribution in [0.3, 0.4) is 0 Å². The van der Waals surface area contributed by atoms with Crippen molar-refractivity contribution in [3.8, 4) is 11.8 Å². The molecule has 1 aromatic rings. The Morgan fingerprint density at radius 3 is 2.67 bits per heavy atom. The van der Waals surface area contributed by atoms with Gasteiger partial charge in [-0.1, -0.05) is 30.7 Å². The first-order valence-electron chi connectivity index (χ1n) is 7.11. The number of ketones is 1. The molecule has 0 saturated heterocycles. The molecule has 0 atom stereocenters. The van der Waals surface area contributed by atoms with Gasteiger partial charge in [0, 0.05) is 24.3 Å². The number of hydrogen-bond donors (Lipinski definition) is 1. The molecule has 112 valence electrons. The van der Waals surface area contributed by atoms with Crippen molar-refractivity contribution in [2.75, 3.05) is 0 Å². The summed E-state index contributed by atoms with van der Waals surface area (Å²) in [6.45, 7) is 0. The Bertz CT molecular complexity index is 677. The van der Waals surface area contributed by atoms with Gasteiger partial charge in [0.2, 0.25) is 10.0 Å². The summed E-state index contributed by atoms with van der Waals surface area (Å²) < 4.78 is 22.5. The lowest BCUT2D eigenvalue weighted by Crippen LogP contribution is -2.12. The predicted octanol–water partition coefficient (Wildman–Crippen LogP) is 2.23. The standard InChI is InChI=1S/C16H19NO3S/c17-21(19,20)15-10-5-7-13(12-15)6-1-4-11-16(18)14-8-2-3-9-14/h5,7,10,12,14H,2-4,8-9,11H2,(H2,17,19,20). The fraction of sp³-hybridized carbons (Fsp3) is 0.438. The van der Waals surface area contributed by atoms with E-state index in [4.69, 9.17) is 5.14 Å². The summed E-state index contributed by atoms with van der Waals surface area (Å²) in [7, 11) is -3.70. The lowest BCUT2D eigenvalue weighted by atomic mass is 9.99. The molecule has 4 nitrogen and oxygen atoms in total. The van der Waals surface area contributed by atoms with E-state index in [1.807, 2.05) is 0 Å². The summed E-state index contributed by atoms with van der Waals surface area (Å²) in [5, 5.41) is 5.07. The third kappa shape index (κ3) is 4.69. The van der Waals surface area contributed by atoms with Gasteiger partial charge in [-0.3, -0.25) is 4.79 Å². The highest BCUT2D eigenvalue weighted by atomic mass is 32.2. The molecule has 0 spiro atoms. The van der Waals surface area contributed by atoms with Crippen molar-refractivity contribution >= 4 is 15.8 Å². The summed E-state index contributed by atoms with van der Waals surface area (Å²) in [6, 6.07) is 6.21. The van der Waals surface area contributed by atoms with E-state index < -0.39 is 10.0 Å². The molecule has 1 aliphatic carbocycles. The van der Waals surface area contributed by atoms with Crippen molar-refractivity contribution in [2.45, 2.75) is 43.4 Å². The van der Waals surface area contributed by atoms with Gasteiger partial charge in [0.05, 0.1) is 4.90 Å². The maximum atomic E-state index is 11.9. The van der Waals surface area contributed by atoms with Gasteiger partial charge in [0.25, 0.3) is 0 Å². The van der Waals surface area contributed by atoms with Gasteiger partial charge in [-0.25, -0.2) is 13.6 Å². The van der Waals surface area contributed by atoms with Crippen LogP contribution in [0, 0.1) is 17.8 Å².